The largest absolute Gasteiger partial charge is 0.445 e. The highest BCUT2D eigenvalue weighted by Crippen LogP contribution is 2.39. The summed E-state index contributed by atoms with van der Waals surface area (Å²) >= 11 is 0. The molecule has 0 bridgehead atoms. The van der Waals surface area contributed by atoms with Crippen molar-refractivity contribution in [3.05, 3.63) is 132 Å². The fraction of sp³-hybridized carbons (Fsp3) is 0.333. The van der Waals surface area contributed by atoms with Crippen molar-refractivity contribution >= 4 is 24.3 Å². The highest BCUT2D eigenvalue weighted by molar-refractivity contribution is 5.83. The maximum atomic E-state index is 14.1. The van der Waals surface area contributed by atoms with Crippen molar-refractivity contribution in [3.8, 4) is 0 Å². The lowest BCUT2D eigenvalue weighted by atomic mass is 9.81. The summed E-state index contributed by atoms with van der Waals surface area (Å²) in [5.74, 6) is -0.525. The number of hydrogen-bond donors (Lipinski definition) is 2. The first-order valence-corrected chi connectivity index (χ1v) is 17.1. The van der Waals surface area contributed by atoms with Gasteiger partial charge in [-0.3, -0.25) is 19.5 Å². The number of hydrazine groups is 1. The average Bonchev–Trinajstić information content (AvgIpc) is 3.13. The van der Waals surface area contributed by atoms with Gasteiger partial charge in [-0.2, -0.15) is 0 Å². The first-order valence-electron chi connectivity index (χ1n) is 17.1. The van der Waals surface area contributed by atoms with Crippen molar-refractivity contribution in [2.75, 3.05) is 32.8 Å². The van der Waals surface area contributed by atoms with Gasteiger partial charge in [-0.15, -0.1) is 0 Å². The van der Waals surface area contributed by atoms with E-state index in [4.69, 9.17) is 4.74 Å². The molecule has 12 heteroatoms. The molecule has 2 N–H and O–H groups in total. The molecule has 4 amide bonds. The summed E-state index contributed by atoms with van der Waals surface area (Å²) in [5, 5.41) is 8.95. The zero-order valence-electron chi connectivity index (χ0n) is 28.8. The predicted molar refractivity (Wildman–Crippen MR) is 192 cm³/mol. The van der Waals surface area contributed by atoms with Crippen LogP contribution in [0.25, 0.3) is 0 Å². The average molecular weight is 697 g/mol. The van der Waals surface area contributed by atoms with Crippen molar-refractivity contribution in [1.82, 2.24) is 30.5 Å². The van der Waals surface area contributed by atoms with Gasteiger partial charge in [0.1, 0.15) is 31.4 Å². The van der Waals surface area contributed by atoms with E-state index >= 15 is 0 Å². The summed E-state index contributed by atoms with van der Waals surface area (Å²) < 4.78 is 18.6. The minimum absolute atomic E-state index is 0.0193. The van der Waals surface area contributed by atoms with Gasteiger partial charge in [-0.05, 0) is 54.7 Å². The van der Waals surface area contributed by atoms with E-state index in [0.717, 1.165) is 23.0 Å². The number of carbonyl (C=O) groups excluding carboxylic acids is 4. The molecule has 51 heavy (non-hydrogen) atoms. The highest BCUT2D eigenvalue weighted by atomic mass is 19.1. The maximum absolute atomic E-state index is 14.1. The molecular formula is C39H45FN6O5. The number of carbonyl (C=O) groups is 4. The molecular weight excluding hydrogens is 651 g/mol. The van der Waals surface area contributed by atoms with E-state index in [2.05, 4.69) is 46.9 Å². The minimum atomic E-state index is -0.666. The topological polar surface area (TPSA) is 115 Å². The Balaban J connectivity index is 1.50. The van der Waals surface area contributed by atoms with Crippen molar-refractivity contribution in [2.24, 2.45) is 0 Å². The van der Waals surface area contributed by atoms with Crippen molar-refractivity contribution in [2.45, 2.75) is 50.5 Å². The number of piperazine rings is 1. The number of urea groups is 1. The number of amides is 4. The SMILES string of the molecule is C=CCOC(=O)NCCC[C@H]1C2C=C(/C=C\C=C/C=O)C(c3ccccc3)CN2C[C@H]2N1C(=O)CN(C(=C)C)N2C(=O)NCc1ccc(F)cc1. The molecule has 2 aromatic carbocycles. The molecule has 0 aromatic heterocycles. The third-order valence-electron chi connectivity index (χ3n) is 9.27. The second kappa shape index (κ2) is 17.4. The van der Waals surface area contributed by atoms with Crippen molar-refractivity contribution in [3.63, 3.8) is 0 Å². The Morgan fingerprint density at radius 1 is 1.04 bits per heavy atom. The van der Waals surface area contributed by atoms with Crippen LogP contribution in [0.5, 0.6) is 0 Å². The molecule has 0 spiro atoms. The van der Waals surface area contributed by atoms with E-state index in [1.165, 1.54) is 24.3 Å². The van der Waals surface area contributed by atoms with E-state index in [-0.39, 0.29) is 49.4 Å². The van der Waals surface area contributed by atoms with E-state index in [1.807, 2.05) is 35.3 Å². The predicted octanol–water partition coefficient (Wildman–Crippen LogP) is 5.04. The number of rotatable bonds is 13. The fourth-order valence-electron chi connectivity index (χ4n) is 6.96. The van der Waals surface area contributed by atoms with Crippen LogP contribution in [0.3, 0.4) is 0 Å². The second-order valence-corrected chi connectivity index (χ2v) is 12.7. The smallest absolute Gasteiger partial charge is 0.407 e. The molecule has 11 nitrogen and oxygen atoms in total. The number of allylic oxidation sites excluding steroid dienone is 5. The van der Waals surface area contributed by atoms with Gasteiger partial charge in [0.15, 0.2) is 0 Å². The van der Waals surface area contributed by atoms with E-state index in [1.54, 1.807) is 35.2 Å². The number of ether oxygens (including phenoxy) is 1. The molecule has 2 unspecified atom stereocenters. The Morgan fingerprint density at radius 2 is 1.80 bits per heavy atom. The normalized spacial score (nSPS) is 21.9. The van der Waals surface area contributed by atoms with Gasteiger partial charge in [0.2, 0.25) is 5.91 Å². The van der Waals surface area contributed by atoms with E-state index in [0.29, 0.717) is 38.2 Å². The fourth-order valence-corrected chi connectivity index (χ4v) is 6.96. The Hall–Kier alpha value is -5.49. The second-order valence-electron chi connectivity index (χ2n) is 12.7. The summed E-state index contributed by atoms with van der Waals surface area (Å²) in [7, 11) is 0. The van der Waals surface area contributed by atoms with Crippen LogP contribution >= 0.6 is 0 Å². The first kappa shape index (κ1) is 36.8. The van der Waals surface area contributed by atoms with Gasteiger partial charge < -0.3 is 20.3 Å². The maximum Gasteiger partial charge on any atom is 0.407 e. The molecule has 3 aliphatic rings. The molecule has 2 aromatic rings. The first-order chi connectivity index (χ1) is 24.7. The van der Waals surface area contributed by atoms with E-state index in [9.17, 15) is 23.6 Å². The molecule has 2 saturated heterocycles. The monoisotopic (exact) mass is 696 g/mol. The van der Waals surface area contributed by atoms with Crippen LogP contribution in [0.2, 0.25) is 0 Å². The van der Waals surface area contributed by atoms with Crippen LogP contribution in [0.15, 0.2) is 115 Å². The molecule has 5 rings (SSSR count). The number of aldehydes is 1. The molecule has 3 heterocycles. The number of nitrogens with zero attached hydrogens (tertiary/aromatic N) is 4. The summed E-state index contributed by atoms with van der Waals surface area (Å²) in [6.07, 6.45) is 11.2. The number of alkyl carbamates (subject to hydrolysis) is 1. The molecule has 4 atom stereocenters. The number of halogens is 1. The van der Waals surface area contributed by atoms with Crippen LogP contribution < -0.4 is 10.6 Å². The standard InChI is InChI=1S/C39H45FN6O5/c1-4-22-51-39(50)41-20-11-15-34-35-23-31(14-9-6-10-21-47)33(30-12-7-5-8-13-30)25-43(35)26-36-45(34)37(48)27-44(28(2)3)46(36)38(49)42-24-29-16-18-32(40)19-17-29/h4-10,12-14,16-19,21,23,33-36H,1-2,11,15,20,22,24-27H2,3H3,(H,41,50)(H,42,49)/b10-6-,14-9-/t33?,34-,35?,36-/m0/s1. The Kier molecular flexibility index (Phi) is 12.6. The van der Waals surface area contributed by atoms with Gasteiger partial charge in [0.25, 0.3) is 0 Å². The van der Waals surface area contributed by atoms with Crippen LogP contribution in [0, 0.1) is 5.82 Å². The highest BCUT2D eigenvalue weighted by Gasteiger charge is 2.52. The van der Waals surface area contributed by atoms with Crippen molar-refractivity contribution < 1.29 is 28.3 Å². The van der Waals surface area contributed by atoms with Gasteiger partial charge in [-0.1, -0.05) is 86.0 Å². The Morgan fingerprint density at radius 3 is 2.51 bits per heavy atom. The molecule has 0 saturated carbocycles. The molecule has 268 valence electrons. The van der Waals surface area contributed by atoms with Crippen LogP contribution in [-0.4, -0.2) is 95.2 Å². The van der Waals surface area contributed by atoms with E-state index < -0.39 is 18.3 Å². The molecule has 3 aliphatic heterocycles. The zero-order chi connectivity index (χ0) is 36.3. The van der Waals surface area contributed by atoms with Crippen LogP contribution in [0.1, 0.15) is 36.8 Å². The van der Waals surface area contributed by atoms with Gasteiger partial charge in [-0.25, -0.2) is 19.0 Å². The number of fused-ring (bicyclic) bond motifs is 2. The van der Waals surface area contributed by atoms with Crippen molar-refractivity contribution in [1.29, 1.82) is 0 Å². The summed E-state index contributed by atoms with van der Waals surface area (Å²) in [6, 6.07) is 15.1. The number of hydrogen-bond acceptors (Lipinski definition) is 7. The third kappa shape index (κ3) is 9.01. The summed E-state index contributed by atoms with van der Waals surface area (Å²) in [5.41, 5.74) is 3.43. The van der Waals surface area contributed by atoms with Gasteiger partial charge >= 0.3 is 12.1 Å². The molecule has 2 fully saturated rings. The lowest BCUT2D eigenvalue weighted by molar-refractivity contribution is -0.183. The summed E-state index contributed by atoms with van der Waals surface area (Å²) in [6.45, 7) is 10.9. The summed E-state index contributed by atoms with van der Waals surface area (Å²) in [4.78, 5) is 55.5. The third-order valence-corrected chi connectivity index (χ3v) is 9.27. The number of benzene rings is 2. The Labute approximate surface area is 298 Å². The lowest BCUT2D eigenvalue weighted by Crippen LogP contribution is -2.77. The quantitative estimate of drug-likeness (QED) is 0.0993. The molecule has 0 aliphatic carbocycles. The molecule has 0 radical (unpaired) electrons. The number of nitrogens with one attached hydrogen (secondary N) is 2. The Bertz CT molecular complexity index is 1680. The lowest BCUT2D eigenvalue weighted by Gasteiger charge is -2.59. The van der Waals surface area contributed by atoms with Gasteiger partial charge in [0.05, 0.1) is 6.04 Å². The van der Waals surface area contributed by atoms with Gasteiger partial charge in [0, 0.05) is 43.8 Å². The van der Waals surface area contributed by atoms with Crippen LogP contribution in [-0.2, 0) is 20.9 Å². The minimum Gasteiger partial charge on any atom is -0.445 e. The van der Waals surface area contributed by atoms with Crippen LogP contribution in [0.4, 0.5) is 14.0 Å². The zero-order valence-corrected chi connectivity index (χ0v) is 28.8.